The Hall–Kier alpha value is -2.66. The summed E-state index contributed by atoms with van der Waals surface area (Å²) in [5.41, 5.74) is 4.95. The average molecular weight is 335 g/mol. The number of carbonyl (C=O) groups is 1. The molecule has 2 aromatic heterocycles. The summed E-state index contributed by atoms with van der Waals surface area (Å²) in [7, 11) is 0. The number of aromatic nitrogens is 2. The highest BCUT2D eigenvalue weighted by Crippen LogP contribution is 2.23. The number of fused-ring (bicyclic) bond motifs is 1. The fraction of sp³-hybridized carbons (Fsp3) is 0.300. The third-order valence-electron chi connectivity index (χ3n) is 4.67. The van der Waals surface area contributed by atoms with Crippen LogP contribution in [0.25, 0.3) is 16.8 Å². The molecule has 1 N–H and O–H groups in total. The molecule has 1 atom stereocenters. The summed E-state index contributed by atoms with van der Waals surface area (Å²) in [6.07, 6.45) is 8.06. The van der Waals surface area contributed by atoms with E-state index in [0.717, 1.165) is 41.8 Å². The molecule has 0 bridgehead atoms. The van der Waals surface area contributed by atoms with E-state index in [2.05, 4.69) is 29.5 Å². The zero-order valence-electron chi connectivity index (χ0n) is 14.2. The van der Waals surface area contributed by atoms with Gasteiger partial charge in [-0.1, -0.05) is 12.1 Å². The van der Waals surface area contributed by atoms with Crippen molar-refractivity contribution in [3.05, 3.63) is 60.0 Å². The highest BCUT2D eigenvalue weighted by molar-refractivity contribution is 5.94. The van der Waals surface area contributed by atoms with Crippen molar-refractivity contribution in [2.24, 2.45) is 0 Å². The summed E-state index contributed by atoms with van der Waals surface area (Å²) in [5.74, 6) is -0.0525. The second-order valence-corrected chi connectivity index (χ2v) is 6.49. The number of rotatable bonds is 4. The van der Waals surface area contributed by atoms with Crippen LogP contribution in [0.2, 0.25) is 0 Å². The minimum atomic E-state index is -0.0525. The lowest BCUT2D eigenvalue weighted by Gasteiger charge is -2.11. The molecular formula is C20H21N3O2. The number of hydrogen-bond acceptors (Lipinski definition) is 3. The maximum absolute atomic E-state index is 12.3. The van der Waals surface area contributed by atoms with Gasteiger partial charge in [-0.25, -0.2) is 4.98 Å². The monoisotopic (exact) mass is 335 g/mol. The van der Waals surface area contributed by atoms with Crippen molar-refractivity contribution in [3.63, 3.8) is 0 Å². The number of nitrogens with one attached hydrogen (secondary N) is 1. The molecule has 1 fully saturated rings. The van der Waals surface area contributed by atoms with Gasteiger partial charge in [-0.15, -0.1) is 0 Å². The van der Waals surface area contributed by atoms with Crippen molar-refractivity contribution in [2.75, 3.05) is 13.2 Å². The first kappa shape index (κ1) is 15.8. The third-order valence-corrected chi connectivity index (χ3v) is 4.67. The van der Waals surface area contributed by atoms with Crippen LogP contribution in [-0.2, 0) is 4.74 Å². The van der Waals surface area contributed by atoms with Crippen LogP contribution < -0.4 is 5.32 Å². The molecule has 3 heterocycles. The number of ether oxygens (including phenoxy) is 1. The van der Waals surface area contributed by atoms with Crippen LogP contribution in [0, 0.1) is 6.92 Å². The molecule has 1 aromatic carbocycles. The summed E-state index contributed by atoms with van der Waals surface area (Å²) in [4.78, 5) is 16.6. The van der Waals surface area contributed by atoms with Gasteiger partial charge in [0, 0.05) is 37.3 Å². The molecule has 1 amide bonds. The Morgan fingerprint density at radius 1 is 1.32 bits per heavy atom. The van der Waals surface area contributed by atoms with E-state index in [4.69, 9.17) is 4.74 Å². The number of aryl methyl sites for hydroxylation is 1. The lowest BCUT2D eigenvalue weighted by molar-refractivity contribution is 0.0858. The first-order valence-electron chi connectivity index (χ1n) is 8.64. The Balaban J connectivity index is 1.49. The number of nitrogens with zero attached hydrogens (tertiary/aromatic N) is 2. The van der Waals surface area contributed by atoms with Crippen LogP contribution in [0.15, 0.2) is 48.9 Å². The van der Waals surface area contributed by atoms with Gasteiger partial charge < -0.3 is 14.5 Å². The van der Waals surface area contributed by atoms with E-state index in [-0.39, 0.29) is 12.0 Å². The summed E-state index contributed by atoms with van der Waals surface area (Å²) in [6, 6.07) is 9.83. The van der Waals surface area contributed by atoms with E-state index in [1.165, 1.54) is 0 Å². The Kier molecular flexibility index (Phi) is 4.24. The summed E-state index contributed by atoms with van der Waals surface area (Å²) in [6.45, 7) is 3.44. The van der Waals surface area contributed by atoms with Crippen molar-refractivity contribution >= 4 is 11.6 Å². The number of imidazole rings is 1. The van der Waals surface area contributed by atoms with Gasteiger partial charge in [-0.3, -0.25) is 4.79 Å². The van der Waals surface area contributed by atoms with E-state index in [0.29, 0.717) is 12.1 Å². The summed E-state index contributed by atoms with van der Waals surface area (Å²) >= 11 is 0. The Bertz CT molecular complexity index is 893. The number of hydrogen-bond donors (Lipinski definition) is 1. The highest BCUT2D eigenvalue weighted by atomic mass is 16.5. The van der Waals surface area contributed by atoms with E-state index in [9.17, 15) is 4.79 Å². The molecule has 1 saturated heterocycles. The molecule has 4 rings (SSSR count). The molecule has 128 valence electrons. The van der Waals surface area contributed by atoms with E-state index in [1.807, 2.05) is 34.9 Å². The van der Waals surface area contributed by atoms with Crippen LogP contribution >= 0.6 is 0 Å². The fourth-order valence-electron chi connectivity index (χ4n) is 3.29. The molecule has 5 nitrogen and oxygen atoms in total. The highest BCUT2D eigenvalue weighted by Gasteiger charge is 2.16. The standard InChI is InChI=1S/C20H21N3O2/c1-14-11-17(13-23-9-8-21-19(14)23)15-4-6-16(7-5-15)20(24)22-12-18-3-2-10-25-18/h4-9,11,13,18H,2-3,10,12H2,1H3,(H,22,24)/t18-/m0/s1. The fourth-order valence-corrected chi connectivity index (χ4v) is 3.29. The van der Waals surface area contributed by atoms with Crippen molar-refractivity contribution in [1.29, 1.82) is 0 Å². The van der Waals surface area contributed by atoms with Gasteiger partial charge in [0.05, 0.1) is 6.10 Å². The van der Waals surface area contributed by atoms with Gasteiger partial charge in [0.15, 0.2) is 0 Å². The zero-order chi connectivity index (χ0) is 17.2. The Morgan fingerprint density at radius 2 is 2.16 bits per heavy atom. The van der Waals surface area contributed by atoms with Crippen molar-refractivity contribution in [2.45, 2.75) is 25.9 Å². The lowest BCUT2D eigenvalue weighted by atomic mass is 10.0. The first-order valence-corrected chi connectivity index (χ1v) is 8.64. The van der Waals surface area contributed by atoms with Gasteiger partial charge >= 0.3 is 0 Å². The molecule has 0 radical (unpaired) electrons. The zero-order valence-corrected chi connectivity index (χ0v) is 14.2. The number of amides is 1. The van der Waals surface area contributed by atoms with E-state index >= 15 is 0 Å². The molecule has 0 unspecified atom stereocenters. The smallest absolute Gasteiger partial charge is 0.251 e. The lowest BCUT2D eigenvalue weighted by Crippen LogP contribution is -2.31. The van der Waals surface area contributed by atoms with Crippen LogP contribution in [-0.4, -0.2) is 34.5 Å². The number of carbonyl (C=O) groups excluding carboxylic acids is 1. The van der Waals surface area contributed by atoms with Gasteiger partial charge in [-0.05, 0) is 54.7 Å². The van der Waals surface area contributed by atoms with Gasteiger partial charge in [0.1, 0.15) is 5.65 Å². The van der Waals surface area contributed by atoms with Gasteiger partial charge in [-0.2, -0.15) is 0 Å². The molecule has 1 aliphatic heterocycles. The third kappa shape index (κ3) is 3.28. The van der Waals surface area contributed by atoms with Crippen molar-refractivity contribution in [3.8, 4) is 11.1 Å². The topological polar surface area (TPSA) is 55.6 Å². The molecule has 0 aliphatic carbocycles. The predicted octanol–water partition coefficient (Wildman–Crippen LogP) is 3.22. The SMILES string of the molecule is Cc1cc(-c2ccc(C(=O)NC[C@@H]3CCCO3)cc2)cn2ccnc12. The number of benzene rings is 1. The maximum Gasteiger partial charge on any atom is 0.251 e. The first-order chi connectivity index (χ1) is 12.2. The predicted molar refractivity (Wildman–Crippen MR) is 96.7 cm³/mol. The van der Waals surface area contributed by atoms with Gasteiger partial charge in [0.25, 0.3) is 5.91 Å². The summed E-state index contributed by atoms with van der Waals surface area (Å²) in [5, 5.41) is 2.95. The second-order valence-electron chi connectivity index (χ2n) is 6.49. The minimum absolute atomic E-state index is 0.0525. The Morgan fingerprint density at radius 3 is 2.92 bits per heavy atom. The summed E-state index contributed by atoms with van der Waals surface area (Å²) < 4.78 is 7.55. The number of pyridine rings is 1. The molecule has 5 heteroatoms. The van der Waals surface area contributed by atoms with Crippen LogP contribution in [0.1, 0.15) is 28.8 Å². The molecule has 25 heavy (non-hydrogen) atoms. The van der Waals surface area contributed by atoms with E-state index in [1.54, 1.807) is 6.20 Å². The molecular weight excluding hydrogens is 314 g/mol. The largest absolute Gasteiger partial charge is 0.376 e. The molecule has 1 aliphatic rings. The normalized spacial score (nSPS) is 17.1. The Labute approximate surface area is 146 Å². The second kappa shape index (κ2) is 6.69. The molecule has 0 spiro atoms. The molecule has 3 aromatic rings. The average Bonchev–Trinajstić information content (AvgIpc) is 3.31. The van der Waals surface area contributed by atoms with Crippen LogP contribution in [0.4, 0.5) is 0 Å². The molecule has 0 saturated carbocycles. The van der Waals surface area contributed by atoms with Crippen molar-refractivity contribution < 1.29 is 9.53 Å². The quantitative estimate of drug-likeness (QED) is 0.796. The van der Waals surface area contributed by atoms with Crippen LogP contribution in [0.3, 0.4) is 0 Å². The maximum atomic E-state index is 12.3. The van der Waals surface area contributed by atoms with Gasteiger partial charge in [0.2, 0.25) is 0 Å². The van der Waals surface area contributed by atoms with Crippen LogP contribution in [0.5, 0.6) is 0 Å². The van der Waals surface area contributed by atoms with Crippen molar-refractivity contribution in [1.82, 2.24) is 14.7 Å². The minimum Gasteiger partial charge on any atom is -0.376 e. The van der Waals surface area contributed by atoms with E-state index < -0.39 is 0 Å².